The molecule has 24 heavy (non-hydrogen) atoms. The summed E-state index contributed by atoms with van der Waals surface area (Å²) in [4.78, 5) is 14.5. The van der Waals surface area contributed by atoms with Gasteiger partial charge >= 0.3 is 6.36 Å². The van der Waals surface area contributed by atoms with Crippen LogP contribution in [0.4, 0.5) is 13.2 Å². The first-order valence-electron chi connectivity index (χ1n) is 8.20. The van der Waals surface area contributed by atoms with Crippen LogP contribution in [0.1, 0.15) is 30.7 Å². The fraction of sp³-hybridized carbons (Fsp3) is 0.588. The van der Waals surface area contributed by atoms with Gasteiger partial charge in [0.05, 0.1) is 0 Å². The lowest BCUT2D eigenvalue weighted by atomic mass is 10.0. The second kappa shape index (κ2) is 6.63. The van der Waals surface area contributed by atoms with Gasteiger partial charge < -0.3 is 15.0 Å². The number of nitrogens with one attached hydrogen (secondary N) is 1. The van der Waals surface area contributed by atoms with E-state index in [1.807, 2.05) is 11.9 Å². The number of nitrogens with zero attached hydrogens (tertiary/aromatic N) is 1. The van der Waals surface area contributed by atoms with E-state index < -0.39 is 6.36 Å². The number of para-hydroxylation sites is 1. The van der Waals surface area contributed by atoms with E-state index in [-0.39, 0.29) is 23.5 Å². The first kappa shape index (κ1) is 17.1. The van der Waals surface area contributed by atoms with Gasteiger partial charge in [0.1, 0.15) is 5.75 Å². The van der Waals surface area contributed by atoms with Crippen LogP contribution in [0.25, 0.3) is 0 Å². The largest absolute Gasteiger partial charge is 0.573 e. The average Bonchev–Trinajstić information content (AvgIpc) is 3.33. The number of amides is 1. The molecule has 0 spiro atoms. The van der Waals surface area contributed by atoms with E-state index in [4.69, 9.17) is 0 Å². The molecule has 1 aliphatic carbocycles. The Kier molecular flexibility index (Phi) is 4.71. The molecule has 7 heteroatoms. The highest BCUT2D eigenvalue weighted by atomic mass is 19.4. The van der Waals surface area contributed by atoms with Crippen LogP contribution in [0.5, 0.6) is 5.75 Å². The summed E-state index contributed by atoms with van der Waals surface area (Å²) in [5, 5.41) is 3.19. The lowest BCUT2D eigenvalue weighted by Gasteiger charge is -2.32. The number of hydrogen-bond acceptors (Lipinski definition) is 3. The average molecular weight is 342 g/mol. The third-order valence-corrected chi connectivity index (χ3v) is 4.79. The number of carbonyl (C=O) groups is 1. The number of likely N-dealkylation sites (N-methyl/N-ethyl adjacent to an activating group) is 1. The summed E-state index contributed by atoms with van der Waals surface area (Å²) >= 11 is 0. The van der Waals surface area contributed by atoms with Crippen molar-refractivity contribution in [3.63, 3.8) is 0 Å². The molecule has 1 saturated heterocycles. The van der Waals surface area contributed by atoms with Gasteiger partial charge in [-0.2, -0.15) is 0 Å². The minimum atomic E-state index is -4.72. The Bertz CT molecular complexity index is 606. The molecule has 132 valence electrons. The van der Waals surface area contributed by atoms with Crippen LogP contribution in [0.2, 0.25) is 0 Å². The molecule has 1 aromatic carbocycles. The van der Waals surface area contributed by atoms with E-state index in [0.717, 1.165) is 19.4 Å². The van der Waals surface area contributed by atoms with Crippen molar-refractivity contribution < 1.29 is 22.7 Å². The van der Waals surface area contributed by atoms with Crippen LogP contribution in [-0.2, 0) is 4.79 Å². The van der Waals surface area contributed by atoms with Crippen molar-refractivity contribution in [1.29, 1.82) is 0 Å². The zero-order valence-corrected chi connectivity index (χ0v) is 13.5. The first-order valence-corrected chi connectivity index (χ1v) is 8.20. The Balaban J connectivity index is 1.68. The molecule has 1 aromatic rings. The molecule has 4 nitrogen and oxygen atoms in total. The van der Waals surface area contributed by atoms with Crippen LogP contribution in [-0.4, -0.2) is 43.3 Å². The predicted octanol–water partition coefficient (Wildman–Crippen LogP) is 2.90. The van der Waals surface area contributed by atoms with E-state index in [0.29, 0.717) is 24.6 Å². The van der Waals surface area contributed by atoms with E-state index in [1.165, 1.54) is 12.1 Å². The molecule has 3 unspecified atom stereocenters. The third-order valence-electron chi connectivity index (χ3n) is 4.79. The van der Waals surface area contributed by atoms with Gasteiger partial charge in [0.2, 0.25) is 5.91 Å². The number of hydrogen-bond donors (Lipinski definition) is 1. The lowest BCUT2D eigenvalue weighted by Crippen LogP contribution is -2.47. The van der Waals surface area contributed by atoms with Gasteiger partial charge in [-0.15, -0.1) is 13.2 Å². The number of alkyl halides is 3. The molecule has 2 fully saturated rings. The van der Waals surface area contributed by atoms with Crippen molar-refractivity contribution in [1.82, 2.24) is 10.2 Å². The number of rotatable bonds is 4. The van der Waals surface area contributed by atoms with Crippen LogP contribution < -0.4 is 10.1 Å². The molecule has 2 aliphatic rings. The maximum absolute atomic E-state index is 12.6. The van der Waals surface area contributed by atoms with Gasteiger partial charge in [-0.25, -0.2) is 0 Å². The number of likely N-dealkylation sites (tertiary alicyclic amines) is 1. The molecule has 1 N–H and O–H groups in total. The van der Waals surface area contributed by atoms with Gasteiger partial charge in [-0.1, -0.05) is 18.2 Å². The molecule has 1 saturated carbocycles. The molecule has 0 aromatic heterocycles. The fourth-order valence-electron chi connectivity index (χ4n) is 3.46. The van der Waals surface area contributed by atoms with Crippen LogP contribution in [0.3, 0.4) is 0 Å². The standard InChI is InChI=1S/C17H21F3N2O2/c1-21-11-5-4-8-22(10-11)16(23)14-9-13(14)12-6-2-3-7-15(12)24-17(18,19)20/h2-3,6-7,11,13-14,21H,4-5,8-10H2,1H3. The van der Waals surface area contributed by atoms with Gasteiger partial charge in [0.15, 0.2) is 0 Å². The van der Waals surface area contributed by atoms with Gasteiger partial charge in [0, 0.05) is 25.0 Å². The summed E-state index contributed by atoms with van der Waals surface area (Å²) in [5.41, 5.74) is 0.468. The quantitative estimate of drug-likeness (QED) is 0.915. The maximum Gasteiger partial charge on any atom is 0.573 e. The molecule has 3 rings (SSSR count). The molecular weight excluding hydrogens is 321 g/mol. The molecule has 3 atom stereocenters. The summed E-state index contributed by atoms with van der Waals surface area (Å²) in [6, 6.07) is 6.40. The van der Waals surface area contributed by atoms with E-state index in [2.05, 4.69) is 10.1 Å². The highest BCUT2D eigenvalue weighted by Gasteiger charge is 2.48. The molecule has 1 aliphatic heterocycles. The minimum absolute atomic E-state index is 0.0433. The molecule has 0 radical (unpaired) electrons. The summed E-state index contributed by atoms with van der Waals surface area (Å²) in [7, 11) is 1.88. The van der Waals surface area contributed by atoms with Crippen LogP contribution in [0.15, 0.2) is 24.3 Å². The Morgan fingerprint density at radius 2 is 2.08 bits per heavy atom. The second-order valence-corrected chi connectivity index (χ2v) is 6.45. The Labute approximate surface area is 139 Å². The highest BCUT2D eigenvalue weighted by molar-refractivity contribution is 5.83. The minimum Gasteiger partial charge on any atom is -0.405 e. The van der Waals surface area contributed by atoms with Crippen molar-refractivity contribution in [3.05, 3.63) is 29.8 Å². The first-order chi connectivity index (χ1) is 11.4. The summed E-state index contributed by atoms with van der Waals surface area (Å²) in [5.74, 6) is -0.580. The summed E-state index contributed by atoms with van der Waals surface area (Å²) in [6.07, 6.45) is -2.16. The SMILES string of the molecule is CNC1CCCN(C(=O)C2CC2c2ccccc2OC(F)(F)F)C1. The molecule has 0 bridgehead atoms. The number of ether oxygens (including phenoxy) is 1. The van der Waals surface area contributed by atoms with Gasteiger partial charge in [0.25, 0.3) is 0 Å². The summed E-state index contributed by atoms with van der Waals surface area (Å²) < 4.78 is 41.7. The second-order valence-electron chi connectivity index (χ2n) is 6.45. The van der Waals surface area contributed by atoms with Crippen molar-refractivity contribution in [2.45, 2.75) is 37.6 Å². The van der Waals surface area contributed by atoms with Crippen molar-refractivity contribution >= 4 is 5.91 Å². The van der Waals surface area contributed by atoms with Gasteiger partial charge in [-0.05, 0) is 43.9 Å². The zero-order valence-electron chi connectivity index (χ0n) is 13.5. The van der Waals surface area contributed by atoms with Crippen molar-refractivity contribution in [2.24, 2.45) is 5.92 Å². The van der Waals surface area contributed by atoms with Crippen LogP contribution in [0, 0.1) is 5.92 Å². The molecular formula is C17H21F3N2O2. The number of carbonyl (C=O) groups excluding carboxylic acids is 1. The van der Waals surface area contributed by atoms with Crippen LogP contribution >= 0.6 is 0 Å². The Morgan fingerprint density at radius 3 is 2.79 bits per heavy atom. The fourth-order valence-corrected chi connectivity index (χ4v) is 3.46. The maximum atomic E-state index is 12.6. The van der Waals surface area contributed by atoms with Gasteiger partial charge in [-0.3, -0.25) is 4.79 Å². The number of piperidine rings is 1. The lowest BCUT2D eigenvalue weighted by molar-refractivity contribution is -0.274. The van der Waals surface area contributed by atoms with E-state index >= 15 is 0 Å². The van der Waals surface area contributed by atoms with E-state index in [9.17, 15) is 18.0 Å². The Morgan fingerprint density at radius 1 is 1.33 bits per heavy atom. The zero-order chi connectivity index (χ0) is 17.3. The number of benzene rings is 1. The highest BCUT2D eigenvalue weighted by Crippen LogP contribution is 2.51. The third kappa shape index (κ3) is 3.83. The topological polar surface area (TPSA) is 41.6 Å². The predicted molar refractivity (Wildman–Crippen MR) is 82.6 cm³/mol. The Hall–Kier alpha value is -1.76. The normalized spacial score (nSPS) is 27.0. The van der Waals surface area contributed by atoms with Crippen molar-refractivity contribution in [2.75, 3.05) is 20.1 Å². The smallest absolute Gasteiger partial charge is 0.405 e. The van der Waals surface area contributed by atoms with E-state index in [1.54, 1.807) is 12.1 Å². The summed E-state index contributed by atoms with van der Waals surface area (Å²) in [6.45, 7) is 1.39. The monoisotopic (exact) mass is 342 g/mol. The molecule has 1 heterocycles. The van der Waals surface area contributed by atoms with Crippen molar-refractivity contribution in [3.8, 4) is 5.75 Å². The molecule has 1 amide bonds. The number of halogens is 3.